The standard InChI is InChI=1S/C45H59N11O3/c1-31-26-55(41-25-39(46-30-47-41)43-37-24-36(59-45(2)11-12-45)5-6-38(37)49-50-43)22-21-53(31)18-15-51-13-9-32(10-14-51)27-52-16-19-54(20-17-52)35-4-3-33-28-56(29-34(33)23-35)40-7-8-42(57)48-44(40)58/h3-6,23-25,30-32,40H,7-22,26-29H2,1-2H3,(H,49,50)(H,48,57,58)/t31-,40?/m0/s1. The highest BCUT2D eigenvalue weighted by Gasteiger charge is 2.40. The van der Waals surface area contributed by atoms with Crippen molar-refractivity contribution in [3.8, 4) is 17.1 Å². The third-order valence-corrected chi connectivity index (χ3v) is 14.1. The molecule has 2 aromatic carbocycles. The van der Waals surface area contributed by atoms with Crippen molar-refractivity contribution >= 4 is 34.2 Å². The number of likely N-dealkylation sites (tertiary alicyclic amines) is 1. The molecule has 0 radical (unpaired) electrons. The van der Waals surface area contributed by atoms with Crippen LogP contribution >= 0.6 is 0 Å². The summed E-state index contributed by atoms with van der Waals surface area (Å²) < 4.78 is 6.25. The molecule has 0 bridgehead atoms. The zero-order valence-electron chi connectivity index (χ0n) is 34.7. The van der Waals surface area contributed by atoms with Crippen molar-refractivity contribution in [3.05, 3.63) is 59.9 Å². The van der Waals surface area contributed by atoms with Gasteiger partial charge in [-0.25, -0.2) is 9.97 Å². The Morgan fingerprint density at radius 1 is 0.831 bits per heavy atom. The maximum atomic E-state index is 12.5. The van der Waals surface area contributed by atoms with Crippen LogP contribution < -0.4 is 19.9 Å². The third-order valence-electron chi connectivity index (χ3n) is 14.1. The summed E-state index contributed by atoms with van der Waals surface area (Å²) in [5.41, 5.74) is 6.52. The van der Waals surface area contributed by atoms with Crippen LogP contribution in [0.1, 0.15) is 63.5 Å². The van der Waals surface area contributed by atoms with Gasteiger partial charge in [0.15, 0.2) is 0 Å². The van der Waals surface area contributed by atoms with Crippen molar-refractivity contribution in [3.63, 3.8) is 0 Å². The minimum Gasteiger partial charge on any atom is -0.488 e. The van der Waals surface area contributed by atoms with E-state index in [9.17, 15) is 9.59 Å². The van der Waals surface area contributed by atoms with E-state index < -0.39 is 0 Å². The number of imide groups is 1. The Morgan fingerprint density at radius 2 is 1.64 bits per heavy atom. The van der Waals surface area contributed by atoms with Crippen LogP contribution in [0.15, 0.2) is 48.8 Å². The van der Waals surface area contributed by atoms with Gasteiger partial charge in [0.1, 0.15) is 29.2 Å². The highest BCUT2D eigenvalue weighted by Crippen LogP contribution is 2.41. The van der Waals surface area contributed by atoms with Gasteiger partial charge < -0.3 is 19.4 Å². The predicted molar refractivity (Wildman–Crippen MR) is 228 cm³/mol. The number of nitrogens with zero attached hydrogens (tertiary/aromatic N) is 9. The molecule has 14 heteroatoms. The molecule has 0 spiro atoms. The van der Waals surface area contributed by atoms with Gasteiger partial charge in [0.2, 0.25) is 11.8 Å². The molecule has 5 aliphatic heterocycles. The maximum absolute atomic E-state index is 12.5. The van der Waals surface area contributed by atoms with Gasteiger partial charge in [-0.15, -0.1) is 0 Å². The molecule has 312 valence electrons. The third kappa shape index (κ3) is 8.41. The second-order valence-corrected chi connectivity index (χ2v) is 18.3. The second-order valence-electron chi connectivity index (χ2n) is 18.3. The topological polar surface area (TPSA) is 129 Å². The maximum Gasteiger partial charge on any atom is 0.243 e. The highest BCUT2D eigenvalue weighted by atomic mass is 16.5. The average molecular weight is 802 g/mol. The van der Waals surface area contributed by atoms with Crippen LogP contribution in [0.4, 0.5) is 11.5 Å². The van der Waals surface area contributed by atoms with E-state index in [2.05, 4.69) is 94.1 Å². The number of piperidine rings is 2. The zero-order valence-corrected chi connectivity index (χ0v) is 34.7. The van der Waals surface area contributed by atoms with Gasteiger partial charge in [-0.3, -0.25) is 34.7 Å². The molecule has 1 unspecified atom stereocenters. The van der Waals surface area contributed by atoms with E-state index in [-0.39, 0.29) is 23.5 Å². The largest absolute Gasteiger partial charge is 0.488 e. The number of amides is 2. The first-order chi connectivity index (χ1) is 28.7. The summed E-state index contributed by atoms with van der Waals surface area (Å²) in [4.78, 5) is 48.7. The number of rotatable bonds is 11. The Bertz CT molecular complexity index is 2170. The van der Waals surface area contributed by atoms with Crippen LogP contribution in [0.2, 0.25) is 0 Å². The molecule has 4 aromatic rings. The summed E-state index contributed by atoms with van der Waals surface area (Å²) in [6.45, 7) is 19.2. The number of anilines is 2. The second kappa shape index (κ2) is 16.1. The number of fused-ring (bicyclic) bond motifs is 2. The minimum absolute atomic E-state index is 0.0326. The number of benzene rings is 2. The van der Waals surface area contributed by atoms with Gasteiger partial charge >= 0.3 is 0 Å². The summed E-state index contributed by atoms with van der Waals surface area (Å²) in [5.74, 6) is 2.32. The fourth-order valence-corrected chi connectivity index (χ4v) is 10.1. The molecule has 4 saturated heterocycles. The lowest BCUT2D eigenvalue weighted by molar-refractivity contribution is -0.137. The fourth-order valence-electron chi connectivity index (χ4n) is 10.1. The first-order valence-electron chi connectivity index (χ1n) is 22.1. The number of aromatic nitrogens is 4. The zero-order chi connectivity index (χ0) is 40.1. The van der Waals surface area contributed by atoms with Crippen molar-refractivity contribution in [2.45, 2.75) is 83.1 Å². The van der Waals surface area contributed by atoms with Crippen LogP contribution in [0.3, 0.4) is 0 Å². The van der Waals surface area contributed by atoms with Crippen LogP contribution in [0.25, 0.3) is 22.3 Å². The minimum atomic E-state index is -0.210. The van der Waals surface area contributed by atoms with Crippen molar-refractivity contribution < 1.29 is 14.3 Å². The quantitative estimate of drug-likeness (QED) is 0.212. The molecular formula is C45H59N11O3. The van der Waals surface area contributed by atoms with Gasteiger partial charge in [0, 0.05) is 108 Å². The van der Waals surface area contributed by atoms with Crippen LogP contribution in [-0.4, -0.2) is 148 Å². The summed E-state index contributed by atoms with van der Waals surface area (Å²) >= 11 is 0. The number of ether oxygens (including phenoxy) is 1. The van der Waals surface area contributed by atoms with Crippen molar-refractivity contribution in [2.75, 3.05) is 88.3 Å². The number of H-pyrrole nitrogens is 1. The molecule has 2 amide bonds. The summed E-state index contributed by atoms with van der Waals surface area (Å²) in [6, 6.07) is 15.3. The first kappa shape index (κ1) is 38.6. The molecule has 5 fully saturated rings. The van der Waals surface area contributed by atoms with Crippen molar-refractivity contribution in [2.24, 2.45) is 5.92 Å². The summed E-state index contributed by atoms with van der Waals surface area (Å²) in [5, 5.41) is 11.4. The lowest BCUT2D eigenvalue weighted by Gasteiger charge is -2.42. The van der Waals surface area contributed by atoms with Gasteiger partial charge in [-0.05, 0) is 106 Å². The number of piperazine rings is 2. The number of carbonyl (C=O) groups excluding carboxylic acids is 2. The first-order valence-corrected chi connectivity index (χ1v) is 22.1. The lowest BCUT2D eigenvalue weighted by Crippen LogP contribution is -2.54. The number of nitrogens with one attached hydrogen (secondary N) is 2. The van der Waals surface area contributed by atoms with Gasteiger partial charge in [-0.1, -0.05) is 6.07 Å². The van der Waals surface area contributed by atoms with Crippen LogP contribution in [-0.2, 0) is 22.7 Å². The Hall–Kier alpha value is -4.63. The fraction of sp³-hybridized carbons (Fsp3) is 0.578. The number of hydrogen-bond acceptors (Lipinski definition) is 12. The molecule has 6 aliphatic rings. The Labute approximate surface area is 347 Å². The summed E-state index contributed by atoms with van der Waals surface area (Å²) in [7, 11) is 0. The van der Waals surface area contributed by atoms with E-state index in [1.807, 2.05) is 12.1 Å². The molecule has 7 heterocycles. The monoisotopic (exact) mass is 801 g/mol. The Kier molecular flexibility index (Phi) is 10.5. The smallest absolute Gasteiger partial charge is 0.243 e. The number of carbonyl (C=O) groups is 2. The van der Waals surface area contributed by atoms with Crippen LogP contribution in [0, 0.1) is 5.92 Å². The van der Waals surface area contributed by atoms with Gasteiger partial charge in [0.05, 0.1) is 17.3 Å². The molecule has 59 heavy (non-hydrogen) atoms. The molecule has 14 nitrogen and oxygen atoms in total. The van der Waals surface area contributed by atoms with E-state index in [4.69, 9.17) is 9.72 Å². The molecule has 2 atom stereocenters. The molecule has 10 rings (SSSR count). The number of aromatic amines is 1. The van der Waals surface area contributed by atoms with Crippen molar-refractivity contribution in [1.29, 1.82) is 0 Å². The molecule has 1 saturated carbocycles. The molecule has 1 aliphatic carbocycles. The molecular weight excluding hydrogens is 743 g/mol. The van der Waals surface area contributed by atoms with Crippen LogP contribution in [0.5, 0.6) is 5.75 Å². The van der Waals surface area contributed by atoms with E-state index >= 15 is 0 Å². The average Bonchev–Trinajstić information content (AvgIpc) is 3.60. The Balaban J connectivity index is 0.650. The van der Waals surface area contributed by atoms with Gasteiger partial charge in [-0.2, -0.15) is 5.10 Å². The normalized spacial score (nSPS) is 24.8. The number of hydrogen-bond donors (Lipinski definition) is 2. The molecule has 2 aromatic heterocycles. The highest BCUT2D eigenvalue weighted by molar-refractivity contribution is 6.00. The SMILES string of the molecule is C[C@H]1CN(c2cc(-c3n[nH]c4ccc(OC5(C)CC5)cc34)ncn2)CCN1CCN1CCC(CN2CCN(c3ccc4c(c3)CN(C3CCC(=O)NC3=O)C4)CC2)CC1. The Morgan fingerprint density at radius 3 is 2.44 bits per heavy atom. The predicted octanol–water partition coefficient (Wildman–Crippen LogP) is 4.12. The molecule has 2 N–H and O–H groups in total. The van der Waals surface area contributed by atoms with E-state index in [0.717, 1.165) is 125 Å². The summed E-state index contributed by atoms with van der Waals surface area (Å²) in [6.07, 6.45) is 7.48. The van der Waals surface area contributed by atoms with E-state index in [1.165, 1.54) is 49.3 Å². The van der Waals surface area contributed by atoms with Crippen molar-refractivity contribution in [1.82, 2.24) is 45.1 Å². The van der Waals surface area contributed by atoms with E-state index in [1.54, 1.807) is 6.33 Å². The van der Waals surface area contributed by atoms with Gasteiger partial charge in [0.25, 0.3) is 0 Å². The lowest BCUT2D eigenvalue weighted by atomic mass is 9.96. The van der Waals surface area contributed by atoms with E-state index in [0.29, 0.717) is 18.9 Å².